The van der Waals surface area contributed by atoms with E-state index in [1.54, 1.807) is 26.1 Å². The second-order valence-corrected chi connectivity index (χ2v) is 13.0. The van der Waals surface area contributed by atoms with Gasteiger partial charge in [-0.15, -0.1) is 0 Å². The molecule has 0 saturated carbocycles. The van der Waals surface area contributed by atoms with Crippen LogP contribution in [0.25, 0.3) is 0 Å². The van der Waals surface area contributed by atoms with Crippen LogP contribution in [0, 0.1) is 11.7 Å². The summed E-state index contributed by atoms with van der Waals surface area (Å²) >= 11 is 0. The molecule has 0 saturated heterocycles. The summed E-state index contributed by atoms with van der Waals surface area (Å²) in [6, 6.07) is 12.1. The van der Waals surface area contributed by atoms with E-state index in [1.165, 1.54) is 40.1 Å². The number of amides is 5. The zero-order valence-corrected chi connectivity index (χ0v) is 29.5. The lowest BCUT2D eigenvalue weighted by atomic mass is 10.0. The van der Waals surface area contributed by atoms with Gasteiger partial charge in [0.05, 0.1) is 36.0 Å². The topological polar surface area (TPSA) is 132 Å². The first-order valence-electron chi connectivity index (χ1n) is 17.0. The maximum Gasteiger partial charge on any atom is 0.416 e. The summed E-state index contributed by atoms with van der Waals surface area (Å²) in [5, 5.41) is 18.0. The largest absolute Gasteiger partial charge is 0.490 e. The number of likely N-dealkylation sites (N-methyl/N-ethyl adjacent to an activating group) is 1. The normalized spacial score (nSPS) is 19.4. The van der Waals surface area contributed by atoms with Gasteiger partial charge in [-0.1, -0.05) is 6.92 Å². The molecule has 0 aromatic heterocycles. The van der Waals surface area contributed by atoms with Crippen molar-refractivity contribution in [1.29, 1.82) is 0 Å². The van der Waals surface area contributed by atoms with Crippen molar-refractivity contribution in [3.05, 3.63) is 83.7 Å². The molecule has 0 spiro atoms. The van der Waals surface area contributed by atoms with Crippen molar-refractivity contribution >= 4 is 35.0 Å². The molecule has 5 amide bonds. The minimum atomic E-state index is -4.52. The number of fused-ring (bicyclic) bond motifs is 1. The predicted octanol–water partition coefficient (Wildman–Crippen LogP) is 7.45. The van der Waals surface area contributed by atoms with Gasteiger partial charge >= 0.3 is 18.2 Å². The van der Waals surface area contributed by atoms with Gasteiger partial charge in [-0.2, -0.15) is 13.2 Å². The van der Waals surface area contributed by atoms with Gasteiger partial charge in [0, 0.05) is 49.7 Å². The minimum absolute atomic E-state index is 0.122. The Balaban J connectivity index is 1.56. The van der Waals surface area contributed by atoms with Crippen molar-refractivity contribution in [2.75, 3.05) is 49.3 Å². The molecule has 15 heteroatoms. The fraction of sp³-hybridized carbons (Fsp3) is 0.432. The zero-order chi connectivity index (χ0) is 38.0. The average molecular weight is 732 g/mol. The number of anilines is 3. The van der Waals surface area contributed by atoms with Crippen LogP contribution in [0.5, 0.6) is 5.75 Å². The first-order valence-corrected chi connectivity index (χ1v) is 17.0. The van der Waals surface area contributed by atoms with Crippen LogP contribution in [0.4, 0.5) is 44.2 Å². The molecule has 0 bridgehead atoms. The number of aliphatic hydroxyl groups is 1. The maximum absolute atomic E-state index is 14.3. The molecular formula is C37H45F4N5O6. The van der Waals surface area contributed by atoms with Gasteiger partial charge in [0.2, 0.25) is 0 Å². The molecule has 3 aromatic rings. The Bertz CT molecular complexity index is 1660. The number of hydrogen-bond donors (Lipinski definition) is 4. The number of nitrogens with one attached hydrogen (secondary N) is 3. The Hall–Kier alpha value is -4.89. The summed E-state index contributed by atoms with van der Waals surface area (Å²) in [6.07, 6.45) is -3.22. The molecule has 52 heavy (non-hydrogen) atoms. The van der Waals surface area contributed by atoms with E-state index in [4.69, 9.17) is 9.47 Å². The standard InChI is InChI=1S/C37H45F4N5O6/c1-23-20-46(24(2)22-47)34(48)31-19-30(43-35(49)42-28-12-8-26(9-13-28)37(39,40)41)16-17-32(31)52-25(3)7-5-6-18-51-33(23)21-45(4)36(50)44-29-14-10-27(38)11-15-29/h8-17,19,23-25,33,47H,5-7,18,20-22H2,1-4H3,(H,44,50)(H2,42,43,49)/t23-,24+,25-,33+/m1/s1. The maximum atomic E-state index is 14.3. The van der Waals surface area contributed by atoms with Gasteiger partial charge in [-0.05, 0) is 99.8 Å². The number of urea groups is 2. The molecule has 0 unspecified atom stereocenters. The number of alkyl halides is 3. The van der Waals surface area contributed by atoms with E-state index in [0.717, 1.165) is 30.7 Å². The summed E-state index contributed by atoms with van der Waals surface area (Å²) in [4.78, 5) is 43.1. The number of carbonyl (C=O) groups excluding carboxylic acids is 3. The highest BCUT2D eigenvalue weighted by Gasteiger charge is 2.32. The average Bonchev–Trinajstić information content (AvgIpc) is 3.10. The Labute approximate surface area is 300 Å². The van der Waals surface area contributed by atoms with Crippen molar-refractivity contribution < 1.29 is 46.5 Å². The molecule has 0 fully saturated rings. The Morgan fingerprint density at radius 2 is 1.58 bits per heavy atom. The Morgan fingerprint density at radius 1 is 0.962 bits per heavy atom. The summed E-state index contributed by atoms with van der Waals surface area (Å²) in [5.74, 6) is -0.972. The third-order valence-corrected chi connectivity index (χ3v) is 8.68. The van der Waals surface area contributed by atoms with Crippen molar-refractivity contribution in [1.82, 2.24) is 9.80 Å². The lowest BCUT2D eigenvalue weighted by Gasteiger charge is -2.35. The van der Waals surface area contributed by atoms with Gasteiger partial charge in [-0.3, -0.25) is 4.79 Å². The third kappa shape index (κ3) is 11.3. The van der Waals surface area contributed by atoms with E-state index in [-0.39, 0.29) is 54.4 Å². The van der Waals surface area contributed by atoms with E-state index >= 15 is 0 Å². The molecule has 4 N–H and O–H groups in total. The van der Waals surface area contributed by atoms with E-state index in [9.17, 15) is 37.1 Å². The van der Waals surface area contributed by atoms with Gasteiger partial charge in [0.15, 0.2) is 0 Å². The number of benzene rings is 3. The van der Waals surface area contributed by atoms with Crippen LogP contribution in [0.3, 0.4) is 0 Å². The number of aliphatic hydroxyl groups excluding tert-OH is 1. The number of rotatable bonds is 7. The molecule has 1 aliphatic rings. The highest BCUT2D eigenvalue weighted by atomic mass is 19.4. The van der Waals surface area contributed by atoms with Crippen LogP contribution in [0.15, 0.2) is 66.7 Å². The summed E-state index contributed by atoms with van der Waals surface area (Å²) in [6.45, 7) is 5.78. The van der Waals surface area contributed by atoms with Gasteiger partial charge in [-0.25, -0.2) is 14.0 Å². The molecule has 0 aliphatic carbocycles. The second kappa shape index (κ2) is 18.0. The van der Waals surface area contributed by atoms with Crippen LogP contribution in [-0.4, -0.2) is 84.5 Å². The van der Waals surface area contributed by atoms with Crippen LogP contribution >= 0.6 is 0 Å². The van der Waals surface area contributed by atoms with Crippen LogP contribution in [0.2, 0.25) is 0 Å². The molecule has 1 heterocycles. The SMILES string of the molecule is C[C@@H]1CCCCO[C@@H](CN(C)C(=O)Nc2ccc(F)cc2)[C@H](C)CN([C@@H](C)CO)C(=O)c2cc(NC(=O)Nc3ccc(C(F)(F)F)cc3)ccc2O1. The molecule has 0 radical (unpaired) electrons. The predicted molar refractivity (Wildman–Crippen MR) is 189 cm³/mol. The van der Waals surface area contributed by atoms with Crippen molar-refractivity contribution in [2.24, 2.45) is 5.92 Å². The number of carbonyl (C=O) groups is 3. The Morgan fingerprint density at radius 3 is 2.23 bits per heavy atom. The fourth-order valence-electron chi connectivity index (χ4n) is 5.60. The molecule has 1 aliphatic heterocycles. The smallest absolute Gasteiger partial charge is 0.416 e. The first-order chi connectivity index (χ1) is 24.6. The monoisotopic (exact) mass is 731 g/mol. The Kier molecular flexibility index (Phi) is 13.8. The zero-order valence-electron chi connectivity index (χ0n) is 29.5. The third-order valence-electron chi connectivity index (χ3n) is 8.68. The highest BCUT2D eigenvalue weighted by Crippen LogP contribution is 2.31. The summed E-state index contributed by atoms with van der Waals surface area (Å²) in [7, 11) is 1.61. The minimum Gasteiger partial charge on any atom is -0.490 e. The second-order valence-electron chi connectivity index (χ2n) is 13.0. The molecule has 3 aromatic carbocycles. The lowest BCUT2D eigenvalue weighted by molar-refractivity contribution is -0.137. The van der Waals surface area contributed by atoms with Crippen LogP contribution in [-0.2, 0) is 10.9 Å². The number of ether oxygens (including phenoxy) is 2. The van der Waals surface area contributed by atoms with Crippen molar-refractivity contribution in [3.8, 4) is 5.75 Å². The van der Waals surface area contributed by atoms with Gasteiger partial charge in [0.25, 0.3) is 5.91 Å². The van der Waals surface area contributed by atoms with Crippen LogP contribution in [0.1, 0.15) is 56.0 Å². The van der Waals surface area contributed by atoms with Crippen LogP contribution < -0.4 is 20.7 Å². The fourth-order valence-corrected chi connectivity index (χ4v) is 5.60. The molecule has 11 nitrogen and oxygen atoms in total. The first kappa shape index (κ1) is 39.9. The molecule has 282 valence electrons. The van der Waals surface area contributed by atoms with Gasteiger partial charge < -0.3 is 40.3 Å². The number of hydrogen-bond acceptors (Lipinski definition) is 6. The highest BCUT2D eigenvalue weighted by molar-refractivity contribution is 6.02. The molecule has 4 rings (SSSR count). The summed E-state index contributed by atoms with van der Waals surface area (Å²) in [5.41, 5.74) is 0.0354. The molecular weight excluding hydrogens is 686 g/mol. The number of halogens is 4. The van der Waals surface area contributed by atoms with E-state index in [0.29, 0.717) is 25.1 Å². The van der Waals surface area contributed by atoms with E-state index < -0.39 is 47.7 Å². The van der Waals surface area contributed by atoms with E-state index in [1.807, 2.05) is 13.8 Å². The summed E-state index contributed by atoms with van der Waals surface area (Å²) < 4.78 is 64.7. The lowest BCUT2D eigenvalue weighted by Crippen LogP contribution is -2.48. The van der Waals surface area contributed by atoms with E-state index in [2.05, 4.69) is 16.0 Å². The molecule has 4 atom stereocenters. The number of nitrogens with zero attached hydrogens (tertiary/aromatic N) is 2. The van der Waals surface area contributed by atoms with Crippen molar-refractivity contribution in [2.45, 2.75) is 64.5 Å². The van der Waals surface area contributed by atoms with Crippen molar-refractivity contribution in [3.63, 3.8) is 0 Å². The van der Waals surface area contributed by atoms with Gasteiger partial charge in [0.1, 0.15) is 11.6 Å². The quantitative estimate of drug-likeness (QED) is 0.187.